The first kappa shape index (κ1) is 18.4. The van der Waals surface area contributed by atoms with Crippen LogP contribution in [0.1, 0.15) is 35.3 Å². The molecule has 28 heavy (non-hydrogen) atoms. The van der Waals surface area contributed by atoms with E-state index in [1.165, 1.54) is 0 Å². The van der Waals surface area contributed by atoms with Crippen molar-refractivity contribution in [2.24, 2.45) is 5.41 Å². The van der Waals surface area contributed by atoms with Gasteiger partial charge >= 0.3 is 0 Å². The van der Waals surface area contributed by atoms with Crippen LogP contribution in [0.25, 0.3) is 6.08 Å². The molecule has 5 heteroatoms. The zero-order valence-corrected chi connectivity index (χ0v) is 16.0. The Hall–Kier alpha value is -2.95. The van der Waals surface area contributed by atoms with Gasteiger partial charge in [-0.05, 0) is 30.5 Å². The summed E-state index contributed by atoms with van der Waals surface area (Å²) in [6.45, 7) is 2.81. The number of carbonyl (C=O) groups is 2. The maximum atomic E-state index is 12.6. The summed E-state index contributed by atoms with van der Waals surface area (Å²) in [6, 6.07) is 15.5. The first-order chi connectivity index (χ1) is 13.7. The van der Waals surface area contributed by atoms with Gasteiger partial charge in [0.1, 0.15) is 5.69 Å². The van der Waals surface area contributed by atoms with Crippen LogP contribution in [-0.4, -0.2) is 52.8 Å². The fourth-order valence-corrected chi connectivity index (χ4v) is 4.20. The summed E-state index contributed by atoms with van der Waals surface area (Å²) in [5, 5.41) is 0. The minimum Gasteiger partial charge on any atom is -0.338 e. The lowest BCUT2D eigenvalue weighted by Gasteiger charge is -2.38. The lowest BCUT2D eigenvalue weighted by Crippen LogP contribution is -2.44. The van der Waals surface area contributed by atoms with Gasteiger partial charge in [-0.2, -0.15) is 0 Å². The number of nitrogens with zero attached hydrogens (tertiary/aromatic N) is 3. The zero-order chi connectivity index (χ0) is 19.4. The van der Waals surface area contributed by atoms with Gasteiger partial charge in [0.05, 0.1) is 0 Å². The quantitative estimate of drug-likeness (QED) is 0.824. The van der Waals surface area contributed by atoms with E-state index >= 15 is 0 Å². The third-order valence-electron chi connectivity index (χ3n) is 5.84. The summed E-state index contributed by atoms with van der Waals surface area (Å²) in [5.41, 5.74) is 1.65. The third kappa shape index (κ3) is 3.98. The van der Waals surface area contributed by atoms with Crippen LogP contribution in [0.3, 0.4) is 0 Å². The maximum Gasteiger partial charge on any atom is 0.272 e. The average molecular weight is 375 g/mol. The average Bonchev–Trinajstić information content (AvgIpc) is 3.04. The first-order valence-electron chi connectivity index (χ1n) is 9.85. The van der Waals surface area contributed by atoms with Gasteiger partial charge < -0.3 is 9.80 Å². The molecule has 1 aromatic carbocycles. The molecule has 4 rings (SSSR count). The van der Waals surface area contributed by atoms with E-state index in [1.807, 2.05) is 40.1 Å². The number of rotatable bonds is 4. The number of likely N-dealkylation sites (tertiary alicyclic amines) is 2. The van der Waals surface area contributed by atoms with Crippen molar-refractivity contribution in [2.45, 2.75) is 19.3 Å². The van der Waals surface area contributed by atoms with Crippen molar-refractivity contribution in [3.05, 3.63) is 72.1 Å². The number of amides is 2. The van der Waals surface area contributed by atoms with E-state index < -0.39 is 0 Å². The molecule has 0 atom stereocenters. The van der Waals surface area contributed by atoms with Crippen molar-refractivity contribution in [3.8, 4) is 0 Å². The summed E-state index contributed by atoms with van der Waals surface area (Å²) in [4.78, 5) is 33.1. The van der Waals surface area contributed by atoms with Crippen LogP contribution in [0.2, 0.25) is 0 Å². The van der Waals surface area contributed by atoms with Gasteiger partial charge in [-0.25, -0.2) is 0 Å². The predicted molar refractivity (Wildman–Crippen MR) is 108 cm³/mol. The molecule has 2 aliphatic heterocycles. The third-order valence-corrected chi connectivity index (χ3v) is 5.84. The van der Waals surface area contributed by atoms with Crippen LogP contribution >= 0.6 is 0 Å². The van der Waals surface area contributed by atoms with E-state index in [2.05, 4.69) is 29.3 Å². The molecule has 2 aliphatic rings. The number of hydrogen-bond acceptors (Lipinski definition) is 3. The molecular weight excluding hydrogens is 350 g/mol. The van der Waals surface area contributed by atoms with Gasteiger partial charge in [0.25, 0.3) is 5.91 Å². The van der Waals surface area contributed by atoms with E-state index in [1.54, 1.807) is 12.3 Å². The Morgan fingerprint density at radius 3 is 2.54 bits per heavy atom. The Morgan fingerprint density at radius 2 is 1.82 bits per heavy atom. The molecule has 1 aromatic heterocycles. The molecule has 0 unspecified atom stereocenters. The molecule has 1 spiro atoms. The molecule has 3 heterocycles. The largest absolute Gasteiger partial charge is 0.338 e. The van der Waals surface area contributed by atoms with Crippen LogP contribution in [0.5, 0.6) is 0 Å². The maximum absolute atomic E-state index is 12.6. The number of benzene rings is 1. The van der Waals surface area contributed by atoms with E-state index in [9.17, 15) is 9.59 Å². The second-order valence-corrected chi connectivity index (χ2v) is 7.77. The van der Waals surface area contributed by atoms with Crippen molar-refractivity contribution in [3.63, 3.8) is 0 Å². The van der Waals surface area contributed by atoms with Crippen LogP contribution in [0.15, 0.2) is 60.8 Å². The summed E-state index contributed by atoms with van der Waals surface area (Å²) in [5.74, 6) is 0.213. The lowest BCUT2D eigenvalue weighted by atomic mass is 9.77. The Labute approximate surface area is 165 Å². The lowest BCUT2D eigenvalue weighted by molar-refractivity contribution is -0.127. The summed E-state index contributed by atoms with van der Waals surface area (Å²) in [6.07, 6.45) is 8.11. The van der Waals surface area contributed by atoms with Gasteiger partial charge in [0.15, 0.2) is 0 Å². The van der Waals surface area contributed by atoms with Crippen molar-refractivity contribution in [1.29, 1.82) is 0 Å². The van der Waals surface area contributed by atoms with Gasteiger partial charge in [-0.3, -0.25) is 14.6 Å². The summed E-state index contributed by atoms with van der Waals surface area (Å²) in [7, 11) is 0. The second kappa shape index (κ2) is 7.97. The fraction of sp³-hybridized carbons (Fsp3) is 0.348. The fourth-order valence-electron chi connectivity index (χ4n) is 4.20. The van der Waals surface area contributed by atoms with Crippen LogP contribution in [0, 0.1) is 5.41 Å². The van der Waals surface area contributed by atoms with Gasteiger partial charge in [0.2, 0.25) is 5.91 Å². The minimum absolute atomic E-state index is 0.0116. The highest BCUT2D eigenvalue weighted by Gasteiger charge is 2.45. The molecule has 144 valence electrons. The Balaban J connectivity index is 1.33. The highest BCUT2D eigenvalue weighted by Crippen LogP contribution is 2.41. The molecule has 0 radical (unpaired) electrons. The van der Waals surface area contributed by atoms with E-state index in [0.29, 0.717) is 31.7 Å². The summed E-state index contributed by atoms with van der Waals surface area (Å²) >= 11 is 0. The van der Waals surface area contributed by atoms with Crippen molar-refractivity contribution < 1.29 is 9.59 Å². The number of pyridine rings is 1. The predicted octanol–water partition coefficient (Wildman–Crippen LogP) is 3.25. The standard InChI is InChI=1S/C23H25N3O2/c27-21-17-23(18-26(21)14-6-9-19-7-2-1-3-8-19)11-15-25(16-12-23)22(28)20-10-4-5-13-24-20/h1-10,13H,11-12,14-18H2/b9-6+. The monoisotopic (exact) mass is 375 g/mol. The molecule has 0 aliphatic carbocycles. The molecule has 2 amide bonds. The van der Waals surface area contributed by atoms with Crippen molar-refractivity contribution in [2.75, 3.05) is 26.2 Å². The van der Waals surface area contributed by atoms with Gasteiger partial charge in [-0.15, -0.1) is 0 Å². The van der Waals surface area contributed by atoms with Crippen molar-refractivity contribution in [1.82, 2.24) is 14.8 Å². The smallest absolute Gasteiger partial charge is 0.272 e. The number of carbonyl (C=O) groups excluding carboxylic acids is 2. The molecule has 0 saturated carbocycles. The SMILES string of the molecule is O=C1CC2(CCN(C(=O)c3ccccn3)CC2)CN1C/C=C/c1ccccc1. The second-order valence-electron chi connectivity index (χ2n) is 7.77. The van der Waals surface area contributed by atoms with Crippen LogP contribution in [-0.2, 0) is 4.79 Å². The van der Waals surface area contributed by atoms with Gasteiger partial charge in [0, 0.05) is 44.2 Å². The molecular formula is C23H25N3O2. The molecule has 2 saturated heterocycles. The molecule has 2 fully saturated rings. The first-order valence-corrected chi connectivity index (χ1v) is 9.85. The Bertz CT molecular complexity index is 856. The molecule has 0 bridgehead atoms. The minimum atomic E-state index is -0.0116. The molecule has 5 nitrogen and oxygen atoms in total. The van der Waals surface area contributed by atoms with Crippen molar-refractivity contribution >= 4 is 17.9 Å². The molecule has 0 N–H and O–H groups in total. The highest BCUT2D eigenvalue weighted by atomic mass is 16.2. The topological polar surface area (TPSA) is 53.5 Å². The number of piperidine rings is 1. The number of aromatic nitrogens is 1. The Kier molecular flexibility index (Phi) is 5.24. The normalized spacial score (nSPS) is 18.9. The van der Waals surface area contributed by atoms with E-state index in [4.69, 9.17) is 0 Å². The van der Waals surface area contributed by atoms with Crippen LogP contribution in [0.4, 0.5) is 0 Å². The molecule has 2 aromatic rings. The van der Waals surface area contributed by atoms with Crippen LogP contribution < -0.4 is 0 Å². The Morgan fingerprint density at radius 1 is 1.07 bits per heavy atom. The summed E-state index contributed by atoms with van der Waals surface area (Å²) < 4.78 is 0. The van der Waals surface area contributed by atoms with Gasteiger partial charge in [-0.1, -0.05) is 48.6 Å². The zero-order valence-electron chi connectivity index (χ0n) is 16.0. The highest BCUT2D eigenvalue weighted by molar-refractivity contribution is 5.92. The van der Waals surface area contributed by atoms with E-state index in [0.717, 1.165) is 24.9 Å². The number of hydrogen-bond donors (Lipinski definition) is 0. The van der Waals surface area contributed by atoms with E-state index in [-0.39, 0.29) is 17.2 Å².